The van der Waals surface area contributed by atoms with Crippen LogP contribution in [0, 0.1) is 0 Å². The van der Waals surface area contributed by atoms with Crippen molar-refractivity contribution in [1.82, 2.24) is 5.43 Å². The molecule has 0 aromatic heterocycles. The van der Waals surface area contributed by atoms with Crippen molar-refractivity contribution in [3.63, 3.8) is 0 Å². The number of hydrazone groups is 1. The first-order valence-electron chi connectivity index (χ1n) is 2.95. The molecule has 2 aliphatic heterocycles. The van der Waals surface area contributed by atoms with E-state index in [1.807, 2.05) is 0 Å². The number of nitrogens with zero attached hydrogens (tertiary/aromatic N) is 2. The molecule has 0 atom stereocenters. The molecule has 1 N–H and O–H groups in total. The van der Waals surface area contributed by atoms with Crippen molar-refractivity contribution in [2.45, 2.75) is 0 Å². The van der Waals surface area contributed by atoms with E-state index in [9.17, 15) is 4.79 Å². The van der Waals surface area contributed by atoms with E-state index in [1.54, 1.807) is 12.3 Å². The average molecular weight is 135 g/mol. The molecule has 0 aromatic rings. The zero-order chi connectivity index (χ0) is 6.97. The number of nitrogens with one attached hydrogen (secondary N) is 1. The molecular weight excluding hydrogens is 130 g/mol. The van der Waals surface area contributed by atoms with Crippen LogP contribution in [-0.2, 0) is 4.79 Å². The van der Waals surface area contributed by atoms with Gasteiger partial charge >= 0.3 is 0 Å². The van der Waals surface area contributed by atoms with E-state index >= 15 is 0 Å². The lowest BCUT2D eigenvalue weighted by atomic mass is 10.1. The van der Waals surface area contributed by atoms with Crippen LogP contribution < -0.4 is 5.43 Å². The van der Waals surface area contributed by atoms with Crippen LogP contribution in [0.4, 0.5) is 0 Å². The van der Waals surface area contributed by atoms with E-state index < -0.39 is 0 Å². The fourth-order valence-electron chi connectivity index (χ4n) is 0.929. The second-order valence-electron chi connectivity index (χ2n) is 2.07. The molecule has 2 heterocycles. The maximum absolute atomic E-state index is 10.9. The molecule has 2 rings (SSSR count). The molecule has 0 unspecified atom stereocenters. The Balaban J connectivity index is 2.46. The maximum Gasteiger partial charge on any atom is 0.273 e. The van der Waals surface area contributed by atoms with E-state index in [-0.39, 0.29) is 5.91 Å². The summed E-state index contributed by atoms with van der Waals surface area (Å²) in [6.45, 7) is 0.518. The fraction of sp³-hybridized carbons (Fsp3) is 0.167. The number of aliphatic imine (C=N–C) groups is 1. The number of hydrogen-bond acceptors (Lipinski definition) is 3. The average Bonchev–Trinajstić information content (AvgIpc) is 2.34. The second kappa shape index (κ2) is 1.76. The summed E-state index contributed by atoms with van der Waals surface area (Å²) in [5.41, 5.74) is 3.75. The van der Waals surface area contributed by atoms with E-state index in [0.29, 0.717) is 12.1 Å². The summed E-state index contributed by atoms with van der Waals surface area (Å²) in [6.07, 6.45) is 3.30. The Bertz CT molecular complexity index is 275. The van der Waals surface area contributed by atoms with Gasteiger partial charge in [-0.05, 0) is 6.08 Å². The Morgan fingerprint density at radius 3 is 3.30 bits per heavy atom. The molecule has 4 heteroatoms. The zero-order valence-corrected chi connectivity index (χ0v) is 5.16. The van der Waals surface area contributed by atoms with Crippen LogP contribution in [0.25, 0.3) is 0 Å². The molecule has 0 saturated carbocycles. The summed E-state index contributed by atoms with van der Waals surface area (Å²) in [5.74, 6) is -0.124. The highest BCUT2D eigenvalue weighted by Gasteiger charge is 2.22. The fourth-order valence-corrected chi connectivity index (χ4v) is 0.929. The number of fused-ring (bicyclic) bond motifs is 1. The molecule has 0 radical (unpaired) electrons. The third kappa shape index (κ3) is 0.586. The zero-order valence-electron chi connectivity index (χ0n) is 5.16. The van der Waals surface area contributed by atoms with Crippen LogP contribution in [0.5, 0.6) is 0 Å². The first kappa shape index (κ1) is 5.34. The van der Waals surface area contributed by atoms with Gasteiger partial charge in [-0.1, -0.05) is 0 Å². The standard InChI is InChI=1S/C6H5N3O/c10-6-4-1-2-7-3-5(4)8-9-6/h1-2H,3H2,(H,9,10). The summed E-state index contributed by atoms with van der Waals surface area (Å²) >= 11 is 0. The molecule has 0 aromatic carbocycles. The van der Waals surface area contributed by atoms with Gasteiger partial charge in [-0.25, -0.2) is 5.43 Å². The number of dihydropyridines is 1. The lowest BCUT2D eigenvalue weighted by molar-refractivity contribution is -0.116. The third-order valence-electron chi connectivity index (χ3n) is 1.44. The van der Waals surface area contributed by atoms with Crippen molar-refractivity contribution in [2.75, 3.05) is 6.54 Å². The summed E-state index contributed by atoms with van der Waals surface area (Å²) in [5, 5.41) is 3.77. The lowest BCUT2D eigenvalue weighted by Crippen LogP contribution is -2.16. The van der Waals surface area contributed by atoms with Gasteiger partial charge in [0.2, 0.25) is 0 Å². The largest absolute Gasteiger partial charge is 0.287 e. The predicted molar refractivity (Wildman–Crippen MR) is 37.0 cm³/mol. The summed E-state index contributed by atoms with van der Waals surface area (Å²) in [7, 11) is 0. The Hall–Kier alpha value is -1.45. The van der Waals surface area contributed by atoms with Crippen molar-refractivity contribution in [2.24, 2.45) is 10.1 Å². The number of rotatable bonds is 0. The van der Waals surface area contributed by atoms with Gasteiger partial charge in [0.15, 0.2) is 0 Å². The minimum Gasteiger partial charge on any atom is -0.287 e. The number of amides is 1. The van der Waals surface area contributed by atoms with E-state index in [2.05, 4.69) is 15.5 Å². The molecule has 50 valence electrons. The minimum absolute atomic E-state index is 0.124. The summed E-state index contributed by atoms with van der Waals surface area (Å²) in [6, 6.07) is 0. The predicted octanol–water partition coefficient (Wildman–Crippen LogP) is -0.517. The number of allylic oxidation sites excluding steroid dienone is 1. The van der Waals surface area contributed by atoms with Gasteiger partial charge in [-0.15, -0.1) is 0 Å². The van der Waals surface area contributed by atoms with E-state index in [1.165, 1.54) is 0 Å². The van der Waals surface area contributed by atoms with E-state index in [4.69, 9.17) is 0 Å². The number of hydrogen-bond donors (Lipinski definition) is 1. The van der Waals surface area contributed by atoms with Crippen LogP contribution >= 0.6 is 0 Å². The molecule has 2 aliphatic rings. The van der Waals surface area contributed by atoms with Gasteiger partial charge in [-0.2, -0.15) is 5.10 Å². The number of carbonyl (C=O) groups excluding carboxylic acids is 1. The molecule has 0 saturated heterocycles. The van der Waals surface area contributed by atoms with Gasteiger partial charge in [0.1, 0.15) is 0 Å². The van der Waals surface area contributed by atoms with Crippen molar-refractivity contribution in [3.05, 3.63) is 11.6 Å². The Labute approximate surface area is 57.3 Å². The van der Waals surface area contributed by atoms with E-state index in [0.717, 1.165) is 5.71 Å². The first-order valence-corrected chi connectivity index (χ1v) is 2.95. The van der Waals surface area contributed by atoms with Crippen LogP contribution in [0.1, 0.15) is 0 Å². The smallest absolute Gasteiger partial charge is 0.273 e. The monoisotopic (exact) mass is 135 g/mol. The molecule has 0 spiro atoms. The van der Waals surface area contributed by atoms with Gasteiger partial charge in [0, 0.05) is 6.21 Å². The molecule has 0 fully saturated rings. The van der Waals surface area contributed by atoms with Crippen molar-refractivity contribution in [3.8, 4) is 0 Å². The minimum atomic E-state index is -0.124. The number of carbonyl (C=O) groups is 1. The topological polar surface area (TPSA) is 53.8 Å². The Morgan fingerprint density at radius 1 is 1.60 bits per heavy atom. The van der Waals surface area contributed by atoms with Crippen molar-refractivity contribution in [1.29, 1.82) is 0 Å². The molecule has 0 aliphatic carbocycles. The third-order valence-corrected chi connectivity index (χ3v) is 1.44. The molecular formula is C6H5N3O. The SMILES string of the molecule is O=C1NN=C2CN=CC=C12. The van der Waals surface area contributed by atoms with Crippen LogP contribution in [0.3, 0.4) is 0 Å². The molecule has 4 nitrogen and oxygen atoms in total. The van der Waals surface area contributed by atoms with Gasteiger partial charge in [0.05, 0.1) is 17.8 Å². The first-order chi connectivity index (χ1) is 4.88. The van der Waals surface area contributed by atoms with Crippen LogP contribution in [0.2, 0.25) is 0 Å². The van der Waals surface area contributed by atoms with Crippen molar-refractivity contribution < 1.29 is 4.79 Å². The normalized spacial score (nSPS) is 21.4. The van der Waals surface area contributed by atoms with Gasteiger partial charge in [0.25, 0.3) is 5.91 Å². The van der Waals surface area contributed by atoms with Gasteiger partial charge < -0.3 is 0 Å². The Kier molecular flexibility index (Phi) is 0.943. The molecule has 0 bridgehead atoms. The highest BCUT2D eigenvalue weighted by atomic mass is 16.2. The lowest BCUT2D eigenvalue weighted by Gasteiger charge is -1.98. The summed E-state index contributed by atoms with van der Waals surface area (Å²) < 4.78 is 0. The second-order valence-corrected chi connectivity index (χ2v) is 2.07. The highest BCUT2D eigenvalue weighted by Crippen LogP contribution is 2.07. The van der Waals surface area contributed by atoms with Crippen molar-refractivity contribution >= 4 is 17.8 Å². The summed E-state index contributed by atoms with van der Waals surface area (Å²) in [4.78, 5) is 14.8. The highest BCUT2D eigenvalue weighted by molar-refractivity contribution is 6.28. The van der Waals surface area contributed by atoms with Gasteiger partial charge in [-0.3, -0.25) is 9.79 Å². The van der Waals surface area contributed by atoms with Crippen LogP contribution in [0.15, 0.2) is 21.7 Å². The molecule has 10 heavy (non-hydrogen) atoms. The van der Waals surface area contributed by atoms with Crippen LogP contribution in [-0.4, -0.2) is 24.4 Å². The quantitative estimate of drug-likeness (QED) is 0.477. The Morgan fingerprint density at radius 2 is 2.50 bits per heavy atom. The molecule has 1 amide bonds. The maximum atomic E-state index is 10.9.